The van der Waals surface area contributed by atoms with Crippen LogP contribution < -0.4 is 10.6 Å². The molecule has 0 spiro atoms. The van der Waals surface area contributed by atoms with E-state index >= 15 is 0 Å². The lowest BCUT2D eigenvalue weighted by atomic mass is 10.1. The number of aryl methyl sites for hydroxylation is 1. The van der Waals surface area contributed by atoms with Crippen LogP contribution >= 0.6 is 12.2 Å². The van der Waals surface area contributed by atoms with Gasteiger partial charge in [0.05, 0.1) is 31.0 Å². The topological polar surface area (TPSA) is 76.7 Å². The van der Waals surface area contributed by atoms with Crippen molar-refractivity contribution >= 4 is 40.6 Å². The van der Waals surface area contributed by atoms with Gasteiger partial charge in [-0.05, 0) is 61.0 Å². The Morgan fingerprint density at radius 1 is 0.964 bits per heavy atom. The molecule has 148 valence electrons. The quantitative estimate of drug-likeness (QED) is 0.526. The SMILES string of the molecule is CCCCc1ccc(NC(=S)Nc2cc(C(=O)OC)ccc2C(=O)OC)cc1. The summed E-state index contributed by atoms with van der Waals surface area (Å²) in [5, 5.41) is 6.31. The van der Waals surface area contributed by atoms with Crippen molar-refractivity contribution in [1.82, 2.24) is 0 Å². The summed E-state index contributed by atoms with van der Waals surface area (Å²) >= 11 is 5.35. The number of ether oxygens (including phenoxy) is 2. The van der Waals surface area contributed by atoms with Crippen molar-refractivity contribution < 1.29 is 19.1 Å². The van der Waals surface area contributed by atoms with E-state index in [-0.39, 0.29) is 10.7 Å². The highest BCUT2D eigenvalue weighted by molar-refractivity contribution is 7.80. The van der Waals surface area contributed by atoms with E-state index in [1.54, 1.807) is 0 Å². The molecule has 28 heavy (non-hydrogen) atoms. The van der Waals surface area contributed by atoms with E-state index in [0.717, 1.165) is 24.9 Å². The molecule has 0 aliphatic heterocycles. The lowest BCUT2D eigenvalue weighted by molar-refractivity contribution is 0.0587. The van der Waals surface area contributed by atoms with Gasteiger partial charge in [-0.15, -0.1) is 0 Å². The van der Waals surface area contributed by atoms with Crippen molar-refractivity contribution in [3.05, 3.63) is 59.2 Å². The number of carbonyl (C=O) groups excluding carboxylic acids is 2. The molecular weight excluding hydrogens is 376 g/mol. The summed E-state index contributed by atoms with van der Waals surface area (Å²) in [5.74, 6) is -1.05. The number of rotatable bonds is 7. The molecule has 6 nitrogen and oxygen atoms in total. The number of unbranched alkanes of at least 4 members (excludes halogenated alkanes) is 1. The van der Waals surface area contributed by atoms with E-state index < -0.39 is 11.9 Å². The minimum atomic E-state index is -0.540. The highest BCUT2D eigenvalue weighted by Gasteiger charge is 2.16. The van der Waals surface area contributed by atoms with Gasteiger partial charge >= 0.3 is 11.9 Å². The maximum Gasteiger partial charge on any atom is 0.339 e. The van der Waals surface area contributed by atoms with Crippen molar-refractivity contribution in [3.8, 4) is 0 Å². The number of carbonyl (C=O) groups is 2. The zero-order valence-corrected chi connectivity index (χ0v) is 17.0. The summed E-state index contributed by atoms with van der Waals surface area (Å²) in [5.41, 5.74) is 2.99. The van der Waals surface area contributed by atoms with Gasteiger partial charge < -0.3 is 20.1 Å². The predicted octanol–water partition coefficient (Wildman–Crippen LogP) is 4.41. The highest BCUT2D eigenvalue weighted by Crippen LogP contribution is 2.20. The lowest BCUT2D eigenvalue weighted by Gasteiger charge is -2.14. The molecule has 7 heteroatoms. The van der Waals surface area contributed by atoms with Crippen molar-refractivity contribution in [3.63, 3.8) is 0 Å². The maximum atomic E-state index is 12.0. The third-order valence-electron chi connectivity index (χ3n) is 4.12. The van der Waals surface area contributed by atoms with Crippen LogP contribution in [0, 0.1) is 0 Å². The summed E-state index contributed by atoms with van der Waals surface area (Å²) in [4.78, 5) is 23.8. The first kappa shape index (κ1) is 21.4. The van der Waals surface area contributed by atoms with Crippen LogP contribution in [0.5, 0.6) is 0 Å². The molecule has 0 heterocycles. The van der Waals surface area contributed by atoms with Crippen molar-refractivity contribution in [2.75, 3.05) is 24.9 Å². The Bertz CT molecular complexity index is 850. The Kier molecular flexibility index (Phi) is 7.95. The van der Waals surface area contributed by atoms with Crippen LogP contribution in [0.2, 0.25) is 0 Å². The summed E-state index contributed by atoms with van der Waals surface area (Å²) in [6.07, 6.45) is 3.35. The third kappa shape index (κ3) is 5.79. The van der Waals surface area contributed by atoms with Gasteiger partial charge in [-0.2, -0.15) is 0 Å². The molecule has 0 bridgehead atoms. The van der Waals surface area contributed by atoms with E-state index in [2.05, 4.69) is 29.7 Å². The number of methoxy groups -OCH3 is 2. The molecule has 0 atom stereocenters. The molecule has 0 radical (unpaired) electrons. The number of esters is 2. The van der Waals surface area contributed by atoms with Crippen LogP contribution in [-0.4, -0.2) is 31.3 Å². The van der Waals surface area contributed by atoms with Crippen LogP contribution in [-0.2, 0) is 15.9 Å². The minimum absolute atomic E-state index is 0.259. The number of benzene rings is 2. The highest BCUT2D eigenvalue weighted by atomic mass is 32.1. The van der Waals surface area contributed by atoms with Gasteiger partial charge in [-0.3, -0.25) is 0 Å². The number of thiocarbonyl (C=S) groups is 1. The fourth-order valence-corrected chi connectivity index (χ4v) is 2.83. The van der Waals surface area contributed by atoms with Gasteiger partial charge in [-0.1, -0.05) is 25.5 Å². The largest absolute Gasteiger partial charge is 0.465 e. The molecule has 0 unspecified atom stereocenters. The zero-order valence-electron chi connectivity index (χ0n) is 16.2. The molecule has 0 aliphatic rings. The van der Waals surface area contributed by atoms with E-state index in [9.17, 15) is 9.59 Å². The Balaban J connectivity index is 2.15. The third-order valence-corrected chi connectivity index (χ3v) is 4.33. The smallest absolute Gasteiger partial charge is 0.339 e. The first-order chi connectivity index (χ1) is 13.5. The van der Waals surface area contributed by atoms with Gasteiger partial charge in [-0.25, -0.2) is 9.59 Å². The summed E-state index contributed by atoms with van der Waals surface area (Å²) in [7, 11) is 2.58. The van der Waals surface area contributed by atoms with Crippen molar-refractivity contribution in [2.24, 2.45) is 0 Å². The fourth-order valence-electron chi connectivity index (χ4n) is 2.60. The second-order valence-electron chi connectivity index (χ2n) is 6.12. The Morgan fingerprint density at radius 2 is 1.64 bits per heavy atom. The molecule has 2 aromatic rings. The molecule has 0 fully saturated rings. The van der Waals surface area contributed by atoms with Crippen LogP contribution in [0.25, 0.3) is 0 Å². The Hall–Kier alpha value is -2.93. The molecule has 2 aromatic carbocycles. The number of anilines is 2. The second kappa shape index (κ2) is 10.4. The lowest BCUT2D eigenvalue weighted by Crippen LogP contribution is -2.21. The van der Waals surface area contributed by atoms with Gasteiger partial charge in [0.2, 0.25) is 0 Å². The van der Waals surface area contributed by atoms with E-state index in [1.165, 1.54) is 38.0 Å². The summed E-state index contributed by atoms with van der Waals surface area (Å²) < 4.78 is 9.52. The standard InChI is InChI=1S/C21H24N2O4S/c1-4-5-6-14-7-10-16(11-8-14)22-21(28)23-18-13-15(19(24)26-2)9-12-17(18)20(25)27-3/h7-13H,4-6H2,1-3H3,(H2,22,23,28). The van der Waals surface area contributed by atoms with Gasteiger partial charge in [0.15, 0.2) is 5.11 Å². The van der Waals surface area contributed by atoms with E-state index in [0.29, 0.717) is 11.3 Å². The van der Waals surface area contributed by atoms with Crippen LogP contribution in [0.1, 0.15) is 46.0 Å². The van der Waals surface area contributed by atoms with Gasteiger partial charge in [0.1, 0.15) is 0 Å². The second-order valence-corrected chi connectivity index (χ2v) is 6.53. The van der Waals surface area contributed by atoms with Crippen molar-refractivity contribution in [2.45, 2.75) is 26.2 Å². The fraction of sp³-hybridized carbons (Fsp3) is 0.286. The number of hydrogen-bond donors (Lipinski definition) is 2. The molecule has 2 rings (SSSR count). The van der Waals surface area contributed by atoms with Gasteiger partial charge in [0, 0.05) is 5.69 Å². The summed E-state index contributed by atoms with van der Waals surface area (Å²) in [6.45, 7) is 2.16. The van der Waals surface area contributed by atoms with Crippen molar-refractivity contribution in [1.29, 1.82) is 0 Å². The predicted molar refractivity (Wildman–Crippen MR) is 114 cm³/mol. The minimum Gasteiger partial charge on any atom is -0.465 e. The number of hydrogen-bond acceptors (Lipinski definition) is 5. The van der Waals surface area contributed by atoms with Crippen LogP contribution in [0.15, 0.2) is 42.5 Å². The zero-order chi connectivity index (χ0) is 20.5. The first-order valence-electron chi connectivity index (χ1n) is 8.96. The average molecular weight is 401 g/mol. The molecule has 0 saturated heterocycles. The molecule has 0 aliphatic carbocycles. The molecular formula is C21H24N2O4S. The van der Waals surface area contributed by atoms with E-state index in [4.69, 9.17) is 21.7 Å². The van der Waals surface area contributed by atoms with E-state index in [1.807, 2.05) is 12.1 Å². The van der Waals surface area contributed by atoms with Gasteiger partial charge in [0.25, 0.3) is 0 Å². The summed E-state index contributed by atoms with van der Waals surface area (Å²) in [6, 6.07) is 12.5. The number of nitrogens with one attached hydrogen (secondary N) is 2. The molecule has 2 N–H and O–H groups in total. The normalized spacial score (nSPS) is 10.1. The first-order valence-corrected chi connectivity index (χ1v) is 9.37. The van der Waals surface area contributed by atoms with Crippen LogP contribution in [0.3, 0.4) is 0 Å². The Morgan fingerprint density at radius 3 is 2.25 bits per heavy atom. The average Bonchev–Trinajstić information content (AvgIpc) is 2.72. The van der Waals surface area contributed by atoms with Crippen LogP contribution in [0.4, 0.5) is 11.4 Å². The molecule has 0 aromatic heterocycles. The Labute approximate surface area is 170 Å². The maximum absolute atomic E-state index is 12.0. The molecule has 0 saturated carbocycles. The monoisotopic (exact) mass is 400 g/mol. The molecule has 0 amide bonds.